The number of hydrogen-bond acceptors (Lipinski definition) is 8. The van der Waals surface area contributed by atoms with Crippen LogP contribution in [0.2, 0.25) is 0 Å². The largest absolute Gasteiger partial charge is 0.490 e. The van der Waals surface area contributed by atoms with Gasteiger partial charge in [0.2, 0.25) is 10.0 Å². The van der Waals surface area contributed by atoms with Crippen LogP contribution in [0.25, 0.3) is 0 Å². The number of halogens is 3. The van der Waals surface area contributed by atoms with E-state index in [2.05, 4.69) is 5.32 Å². The average Bonchev–Trinajstić information content (AvgIpc) is 2.93. The highest BCUT2D eigenvalue weighted by atomic mass is 32.2. The predicted octanol–water partition coefficient (Wildman–Crippen LogP) is 1.99. The van der Waals surface area contributed by atoms with Crippen LogP contribution in [-0.4, -0.2) is 47.7 Å². The van der Waals surface area contributed by atoms with E-state index < -0.39 is 33.1 Å². The van der Waals surface area contributed by atoms with Gasteiger partial charge in [0.05, 0.1) is 4.92 Å². The first-order chi connectivity index (χ1) is 13.1. The topological polar surface area (TPSA) is 190 Å². The van der Waals surface area contributed by atoms with Crippen LogP contribution < -0.4 is 10.5 Å². The van der Waals surface area contributed by atoms with Crippen molar-refractivity contribution < 1.29 is 46.3 Å². The molecular formula is C13H16F3N3O8S2. The molecule has 0 radical (unpaired) electrons. The first-order valence-corrected chi connectivity index (χ1v) is 10.1. The number of sulfonamides is 1. The number of nitrogens with one attached hydrogen (secondary N) is 1. The molecule has 1 aliphatic rings. The fourth-order valence-electron chi connectivity index (χ4n) is 2.34. The van der Waals surface area contributed by atoms with E-state index in [1.54, 1.807) is 0 Å². The highest BCUT2D eigenvalue weighted by molar-refractivity contribution is 7.91. The van der Waals surface area contributed by atoms with Crippen LogP contribution in [0.15, 0.2) is 10.3 Å². The second kappa shape index (κ2) is 9.36. The van der Waals surface area contributed by atoms with Crippen LogP contribution in [0.3, 0.4) is 0 Å². The van der Waals surface area contributed by atoms with Gasteiger partial charge < -0.3 is 15.5 Å². The van der Waals surface area contributed by atoms with Gasteiger partial charge in [-0.2, -0.15) is 13.2 Å². The van der Waals surface area contributed by atoms with Crippen molar-refractivity contribution in [3.8, 4) is 0 Å². The molecule has 0 aliphatic heterocycles. The zero-order chi connectivity index (χ0) is 22.6. The van der Waals surface area contributed by atoms with Gasteiger partial charge in [-0.25, -0.2) is 18.4 Å². The summed E-state index contributed by atoms with van der Waals surface area (Å²) in [4.78, 5) is 29.7. The molecule has 1 aliphatic carbocycles. The fourth-order valence-corrected chi connectivity index (χ4v) is 4.17. The molecule has 1 aromatic rings. The van der Waals surface area contributed by atoms with Gasteiger partial charge in [0.25, 0.3) is 0 Å². The summed E-state index contributed by atoms with van der Waals surface area (Å²) in [5.74, 6) is -3.33. The number of anilines is 1. The standard InChI is InChI=1S/C11H15N3O6S2.C2HF3O2/c12-22(19,20)10-5-8(14(17)18)11(21-10)13-7-3-6(4-7)1-2-9(15)16;3-2(4,5)1(6)7/h5-7,13H,1-4H2,(H,15,16)(H2,12,19,20);(H,6,7). The van der Waals surface area contributed by atoms with E-state index in [0.717, 1.165) is 17.4 Å². The van der Waals surface area contributed by atoms with Crippen LogP contribution in [-0.2, 0) is 19.6 Å². The maximum Gasteiger partial charge on any atom is 0.490 e. The van der Waals surface area contributed by atoms with Gasteiger partial charge in [0.15, 0.2) is 5.00 Å². The molecular weight excluding hydrogens is 447 g/mol. The minimum absolute atomic E-state index is 0.0236. The Morgan fingerprint density at radius 2 is 1.86 bits per heavy atom. The van der Waals surface area contributed by atoms with E-state index >= 15 is 0 Å². The van der Waals surface area contributed by atoms with E-state index in [1.165, 1.54) is 0 Å². The lowest BCUT2D eigenvalue weighted by Crippen LogP contribution is -2.35. The lowest BCUT2D eigenvalue weighted by Gasteiger charge is -2.35. The van der Waals surface area contributed by atoms with Crippen molar-refractivity contribution in [1.29, 1.82) is 0 Å². The van der Waals surface area contributed by atoms with Crippen molar-refractivity contribution in [3.05, 3.63) is 16.2 Å². The van der Waals surface area contributed by atoms with Gasteiger partial charge in [-0.15, -0.1) is 0 Å². The highest BCUT2D eigenvalue weighted by Crippen LogP contribution is 2.40. The summed E-state index contributed by atoms with van der Waals surface area (Å²) in [6.45, 7) is 0. The molecule has 5 N–H and O–H groups in total. The Morgan fingerprint density at radius 1 is 1.34 bits per heavy atom. The molecule has 0 bridgehead atoms. The van der Waals surface area contributed by atoms with Crippen molar-refractivity contribution >= 4 is 44.0 Å². The van der Waals surface area contributed by atoms with Gasteiger partial charge in [-0.3, -0.25) is 14.9 Å². The second-order valence-corrected chi connectivity index (χ2v) is 8.84. The molecule has 0 unspecified atom stereocenters. The summed E-state index contributed by atoms with van der Waals surface area (Å²) >= 11 is 0.732. The Kier molecular flexibility index (Phi) is 7.93. The van der Waals surface area contributed by atoms with Gasteiger partial charge in [0, 0.05) is 18.5 Å². The number of carboxylic acids is 2. The Balaban J connectivity index is 0.000000516. The number of alkyl halides is 3. The van der Waals surface area contributed by atoms with Crippen molar-refractivity contribution in [2.45, 2.75) is 42.1 Å². The molecule has 1 aromatic heterocycles. The molecule has 1 fully saturated rings. The quantitative estimate of drug-likeness (QED) is 0.346. The van der Waals surface area contributed by atoms with Crippen molar-refractivity contribution in [1.82, 2.24) is 0 Å². The van der Waals surface area contributed by atoms with Crippen molar-refractivity contribution in [3.63, 3.8) is 0 Å². The summed E-state index contributed by atoms with van der Waals surface area (Å²) in [5.41, 5.74) is -0.317. The smallest absolute Gasteiger partial charge is 0.481 e. The number of hydrogen-bond donors (Lipinski definition) is 4. The van der Waals surface area contributed by atoms with Crippen LogP contribution in [0.4, 0.5) is 23.9 Å². The predicted molar refractivity (Wildman–Crippen MR) is 93.0 cm³/mol. The number of nitro groups is 1. The first kappa shape index (κ1) is 24.6. The lowest BCUT2D eigenvalue weighted by molar-refractivity contribution is -0.383. The third-order valence-corrected chi connectivity index (χ3v) is 6.22. The molecule has 1 heterocycles. The van der Waals surface area contributed by atoms with Crippen LogP contribution >= 0.6 is 11.3 Å². The van der Waals surface area contributed by atoms with E-state index in [0.29, 0.717) is 19.3 Å². The van der Waals surface area contributed by atoms with Crippen LogP contribution in [0.1, 0.15) is 25.7 Å². The second-order valence-electron chi connectivity index (χ2n) is 6.00. The number of carbonyl (C=O) groups is 2. The third-order valence-electron chi connectivity index (χ3n) is 3.75. The zero-order valence-corrected chi connectivity index (χ0v) is 16.0. The Labute approximate surface area is 165 Å². The van der Waals surface area contributed by atoms with Gasteiger partial charge >= 0.3 is 23.8 Å². The average molecular weight is 463 g/mol. The molecule has 0 spiro atoms. The van der Waals surface area contributed by atoms with E-state index in [1.807, 2.05) is 0 Å². The maximum atomic E-state index is 11.3. The first-order valence-electron chi connectivity index (χ1n) is 7.70. The van der Waals surface area contributed by atoms with E-state index in [4.69, 9.17) is 20.1 Å². The number of thiophene rings is 1. The summed E-state index contributed by atoms with van der Waals surface area (Å²) in [6, 6.07) is 0.924. The molecule has 0 saturated heterocycles. The summed E-state index contributed by atoms with van der Waals surface area (Å²) in [5, 5.41) is 34.8. The number of nitrogens with two attached hydrogens (primary N) is 1. The molecule has 0 amide bonds. The van der Waals surface area contributed by atoms with Crippen molar-refractivity contribution in [2.24, 2.45) is 11.1 Å². The lowest BCUT2D eigenvalue weighted by atomic mass is 9.77. The van der Waals surface area contributed by atoms with E-state index in [-0.39, 0.29) is 33.3 Å². The zero-order valence-electron chi connectivity index (χ0n) is 14.4. The molecule has 164 valence electrons. The molecule has 29 heavy (non-hydrogen) atoms. The van der Waals surface area contributed by atoms with Gasteiger partial charge in [-0.05, 0) is 25.2 Å². The number of primary sulfonamides is 1. The summed E-state index contributed by atoms with van der Waals surface area (Å²) in [7, 11) is -3.98. The summed E-state index contributed by atoms with van der Waals surface area (Å²) < 4.78 is 54.0. The van der Waals surface area contributed by atoms with Crippen molar-refractivity contribution in [2.75, 3.05) is 5.32 Å². The Bertz CT molecular complexity index is 878. The molecule has 11 nitrogen and oxygen atoms in total. The normalized spacial score (nSPS) is 18.8. The van der Waals surface area contributed by atoms with E-state index in [9.17, 15) is 36.5 Å². The fraction of sp³-hybridized carbons (Fsp3) is 0.538. The number of rotatable bonds is 7. The van der Waals surface area contributed by atoms with Crippen LogP contribution in [0, 0.1) is 16.0 Å². The molecule has 1 saturated carbocycles. The van der Waals surface area contributed by atoms with Gasteiger partial charge in [0.1, 0.15) is 4.21 Å². The molecule has 2 rings (SSSR count). The number of nitrogens with zero attached hydrogens (tertiary/aromatic N) is 1. The number of carboxylic acid groups (broad SMARTS) is 2. The monoisotopic (exact) mass is 463 g/mol. The third kappa shape index (κ3) is 7.82. The summed E-state index contributed by atoms with van der Waals surface area (Å²) in [6.07, 6.45) is -3.01. The molecule has 0 aromatic carbocycles. The molecule has 16 heteroatoms. The SMILES string of the molecule is NS(=O)(=O)c1cc([N+](=O)[O-])c(NC2CC(CCC(=O)O)C2)s1.O=C(O)C(F)(F)F. The maximum absolute atomic E-state index is 11.3. The Hall–Kier alpha value is -2.46. The van der Waals surface area contributed by atoms with Crippen LogP contribution in [0.5, 0.6) is 0 Å². The van der Waals surface area contributed by atoms with Gasteiger partial charge in [-0.1, -0.05) is 11.3 Å². The highest BCUT2D eigenvalue weighted by Gasteiger charge is 2.38. The Morgan fingerprint density at radius 3 is 2.24 bits per heavy atom. The number of aliphatic carboxylic acids is 2. The molecule has 0 atom stereocenters. The minimum atomic E-state index is -5.08. The minimum Gasteiger partial charge on any atom is -0.481 e.